The Morgan fingerprint density at radius 3 is 2.62 bits per heavy atom. The van der Waals surface area contributed by atoms with Crippen molar-refractivity contribution in [3.8, 4) is 0 Å². The van der Waals surface area contributed by atoms with Gasteiger partial charge >= 0.3 is 0 Å². The van der Waals surface area contributed by atoms with Gasteiger partial charge in [-0.2, -0.15) is 0 Å². The second kappa shape index (κ2) is 2.81. The van der Waals surface area contributed by atoms with Crippen LogP contribution in [0.2, 0.25) is 0 Å². The first kappa shape index (κ1) is 8.19. The molecule has 0 bridgehead atoms. The van der Waals surface area contributed by atoms with Crippen LogP contribution in [0.15, 0.2) is 11.6 Å². The van der Waals surface area contributed by atoms with Crippen LogP contribution in [0.1, 0.15) is 26.4 Å². The number of aldehydes is 2. The number of hydrogen-bond acceptors (Lipinski definition) is 3. The van der Waals surface area contributed by atoms with Gasteiger partial charge in [-0.3, -0.25) is 9.59 Å². The van der Waals surface area contributed by atoms with E-state index in [1.54, 1.807) is 0 Å². The predicted octanol–water partition coefficient (Wildman–Crippen LogP) is 1.93. The van der Waals surface area contributed by atoms with Crippen LogP contribution in [-0.4, -0.2) is 17.0 Å². The maximum absolute atomic E-state index is 10.7. The summed E-state index contributed by atoms with van der Waals surface area (Å²) >= 11 is 1.46. The summed E-state index contributed by atoms with van der Waals surface area (Å²) in [6, 6.07) is 0. The topological polar surface area (TPSA) is 38.5 Å². The first-order valence-corrected chi connectivity index (χ1v) is 4.66. The van der Waals surface area contributed by atoms with Crippen LogP contribution in [0.4, 0.5) is 0 Å². The van der Waals surface area contributed by atoms with Crippen molar-refractivity contribution in [2.45, 2.75) is 6.92 Å². The summed E-state index contributed by atoms with van der Waals surface area (Å²) in [5.41, 5.74) is 1.83. The van der Waals surface area contributed by atoms with Gasteiger partial charge < -0.3 is 4.40 Å². The molecule has 0 unspecified atom stereocenters. The molecule has 0 amide bonds. The molecular formula is C9H7NO2S. The lowest BCUT2D eigenvalue weighted by Gasteiger charge is -1.88. The average molecular weight is 193 g/mol. The number of aromatic nitrogens is 1. The molecule has 0 radical (unpaired) electrons. The molecule has 0 aliphatic rings. The zero-order chi connectivity index (χ0) is 9.42. The summed E-state index contributed by atoms with van der Waals surface area (Å²) in [4.78, 5) is 22.3. The lowest BCUT2D eigenvalue weighted by molar-refractivity contribution is 0.109. The third kappa shape index (κ3) is 0.954. The average Bonchev–Trinajstić information content (AvgIpc) is 2.67. The molecule has 2 aromatic heterocycles. The summed E-state index contributed by atoms with van der Waals surface area (Å²) in [5.74, 6) is 0. The summed E-state index contributed by atoms with van der Waals surface area (Å²) < 4.78 is 1.86. The molecule has 0 spiro atoms. The Morgan fingerprint density at radius 2 is 2.00 bits per heavy atom. The fourth-order valence-electron chi connectivity index (χ4n) is 1.44. The van der Waals surface area contributed by atoms with Gasteiger partial charge in [0.1, 0.15) is 4.83 Å². The highest BCUT2D eigenvalue weighted by molar-refractivity contribution is 7.16. The number of carbonyl (C=O) groups is 2. The number of fused-ring (bicyclic) bond motifs is 1. The molecule has 0 aromatic carbocycles. The Labute approximate surface area is 78.6 Å². The van der Waals surface area contributed by atoms with Crippen molar-refractivity contribution in [2.75, 3.05) is 0 Å². The highest BCUT2D eigenvalue weighted by atomic mass is 32.1. The van der Waals surface area contributed by atoms with Crippen LogP contribution in [0.5, 0.6) is 0 Å². The molecule has 3 nitrogen and oxygen atoms in total. The van der Waals surface area contributed by atoms with Gasteiger partial charge in [0, 0.05) is 22.8 Å². The van der Waals surface area contributed by atoms with Crippen LogP contribution in [0.25, 0.3) is 4.83 Å². The third-order valence-corrected chi connectivity index (χ3v) is 3.01. The quantitative estimate of drug-likeness (QED) is 0.683. The standard InChI is InChI=1S/C9H7NO2S/c1-6-7(4-11)8(5-12)9-10(6)2-3-13-9/h2-5H,1H3. The van der Waals surface area contributed by atoms with Crippen molar-refractivity contribution in [3.63, 3.8) is 0 Å². The first-order valence-electron chi connectivity index (χ1n) is 3.78. The van der Waals surface area contributed by atoms with E-state index >= 15 is 0 Å². The van der Waals surface area contributed by atoms with Crippen molar-refractivity contribution >= 4 is 28.7 Å². The Balaban J connectivity index is 2.95. The Bertz CT molecular complexity index is 481. The normalized spacial score (nSPS) is 10.5. The lowest BCUT2D eigenvalue weighted by Crippen LogP contribution is -1.87. The van der Waals surface area contributed by atoms with Gasteiger partial charge in [-0.05, 0) is 6.92 Å². The van der Waals surface area contributed by atoms with Crippen LogP contribution < -0.4 is 0 Å². The molecular weight excluding hydrogens is 186 g/mol. The van der Waals surface area contributed by atoms with E-state index in [1.807, 2.05) is 22.9 Å². The number of nitrogens with zero attached hydrogens (tertiary/aromatic N) is 1. The van der Waals surface area contributed by atoms with Crippen molar-refractivity contribution in [3.05, 3.63) is 28.4 Å². The third-order valence-electron chi connectivity index (χ3n) is 2.12. The van der Waals surface area contributed by atoms with Crippen molar-refractivity contribution in [1.29, 1.82) is 0 Å². The van der Waals surface area contributed by atoms with Gasteiger partial charge in [-0.15, -0.1) is 11.3 Å². The molecule has 0 aliphatic heterocycles. The summed E-state index contributed by atoms with van der Waals surface area (Å²) in [6.07, 6.45) is 3.33. The molecule has 0 fully saturated rings. The highest BCUT2D eigenvalue weighted by Crippen LogP contribution is 2.24. The van der Waals surface area contributed by atoms with E-state index in [9.17, 15) is 9.59 Å². The second-order valence-electron chi connectivity index (χ2n) is 2.73. The molecule has 66 valence electrons. The molecule has 4 heteroatoms. The minimum Gasteiger partial charge on any atom is -0.311 e. The van der Waals surface area contributed by atoms with Crippen LogP contribution in [0, 0.1) is 6.92 Å². The molecule has 13 heavy (non-hydrogen) atoms. The number of aryl methyl sites for hydroxylation is 1. The van der Waals surface area contributed by atoms with Gasteiger partial charge in [-0.25, -0.2) is 0 Å². The van der Waals surface area contributed by atoms with E-state index in [-0.39, 0.29) is 0 Å². The van der Waals surface area contributed by atoms with Gasteiger partial charge in [0.15, 0.2) is 12.6 Å². The zero-order valence-corrected chi connectivity index (χ0v) is 7.80. The van der Waals surface area contributed by atoms with Crippen molar-refractivity contribution in [1.82, 2.24) is 4.40 Å². The molecule has 0 N–H and O–H groups in total. The van der Waals surface area contributed by atoms with Gasteiger partial charge in [0.2, 0.25) is 0 Å². The number of thiazole rings is 1. The summed E-state index contributed by atoms with van der Waals surface area (Å²) in [6.45, 7) is 1.83. The Kier molecular flexibility index (Phi) is 1.77. The van der Waals surface area contributed by atoms with Crippen molar-refractivity contribution in [2.24, 2.45) is 0 Å². The van der Waals surface area contributed by atoms with Gasteiger partial charge in [0.05, 0.1) is 5.56 Å². The number of carbonyl (C=O) groups excluding carboxylic acids is 2. The summed E-state index contributed by atoms with van der Waals surface area (Å²) in [5, 5.41) is 1.89. The van der Waals surface area contributed by atoms with E-state index in [0.29, 0.717) is 11.1 Å². The number of rotatable bonds is 2. The Hall–Kier alpha value is -1.42. The van der Waals surface area contributed by atoms with Crippen LogP contribution in [-0.2, 0) is 0 Å². The monoisotopic (exact) mass is 193 g/mol. The molecule has 0 saturated heterocycles. The molecule has 0 atom stereocenters. The van der Waals surface area contributed by atoms with E-state index in [2.05, 4.69) is 0 Å². The van der Waals surface area contributed by atoms with Gasteiger partial charge in [0.25, 0.3) is 0 Å². The molecule has 0 aliphatic carbocycles. The first-order chi connectivity index (χ1) is 6.29. The van der Waals surface area contributed by atoms with E-state index < -0.39 is 0 Å². The van der Waals surface area contributed by atoms with Crippen LogP contribution in [0.3, 0.4) is 0 Å². The van der Waals surface area contributed by atoms with E-state index in [1.165, 1.54) is 11.3 Å². The molecule has 2 heterocycles. The molecule has 0 saturated carbocycles. The van der Waals surface area contributed by atoms with Crippen molar-refractivity contribution < 1.29 is 9.59 Å². The lowest BCUT2D eigenvalue weighted by atomic mass is 10.2. The van der Waals surface area contributed by atoms with Gasteiger partial charge in [-0.1, -0.05) is 0 Å². The van der Waals surface area contributed by atoms with Crippen LogP contribution >= 0.6 is 11.3 Å². The molecule has 2 rings (SSSR count). The Morgan fingerprint density at radius 1 is 1.31 bits per heavy atom. The minimum absolute atomic E-state index is 0.502. The van der Waals surface area contributed by atoms with E-state index in [4.69, 9.17) is 0 Å². The maximum Gasteiger partial charge on any atom is 0.153 e. The second-order valence-corrected chi connectivity index (χ2v) is 3.62. The fourth-order valence-corrected chi connectivity index (χ4v) is 2.35. The minimum atomic E-state index is 0.502. The molecule has 2 aromatic rings. The fraction of sp³-hybridized carbons (Fsp3) is 0.111. The summed E-state index contributed by atoms with van der Waals surface area (Å²) in [7, 11) is 0. The predicted molar refractivity (Wildman–Crippen MR) is 50.8 cm³/mol. The maximum atomic E-state index is 10.7. The zero-order valence-electron chi connectivity index (χ0n) is 6.98. The largest absolute Gasteiger partial charge is 0.311 e. The number of hydrogen-bond donors (Lipinski definition) is 0. The SMILES string of the molecule is Cc1c(C=O)c(C=O)c2sccn12. The highest BCUT2D eigenvalue weighted by Gasteiger charge is 2.14. The van der Waals surface area contributed by atoms with E-state index in [0.717, 1.165) is 23.1 Å². The smallest absolute Gasteiger partial charge is 0.153 e.